The third-order valence-electron chi connectivity index (χ3n) is 3.69. The van der Waals surface area contributed by atoms with Gasteiger partial charge in [-0.05, 0) is 18.6 Å². The van der Waals surface area contributed by atoms with Crippen molar-refractivity contribution in [2.24, 2.45) is 0 Å². The van der Waals surface area contributed by atoms with Crippen molar-refractivity contribution in [1.82, 2.24) is 5.32 Å². The summed E-state index contributed by atoms with van der Waals surface area (Å²) in [6.07, 6.45) is -5.24. The smallest absolute Gasteiger partial charge is 0.303 e. The van der Waals surface area contributed by atoms with Crippen molar-refractivity contribution in [1.29, 1.82) is 0 Å². The summed E-state index contributed by atoms with van der Waals surface area (Å²) in [5.74, 6) is -2.72. The van der Waals surface area contributed by atoms with Gasteiger partial charge < -0.3 is 33.7 Å². The van der Waals surface area contributed by atoms with Crippen LogP contribution in [0, 0.1) is 0 Å². The Balaban J connectivity index is 3.27. The number of hydrogen-bond acceptors (Lipinski definition) is 11. The van der Waals surface area contributed by atoms with Crippen LogP contribution >= 0.6 is 12.2 Å². The predicted octanol–water partition coefficient (Wildman–Crippen LogP) is 0.371. The number of carbonyl (C=O) groups is 4. The second-order valence-electron chi connectivity index (χ2n) is 6.40. The van der Waals surface area contributed by atoms with E-state index in [2.05, 4.69) is 5.32 Å². The van der Waals surface area contributed by atoms with Crippen LogP contribution in [-0.4, -0.2) is 72.9 Å². The van der Waals surface area contributed by atoms with Crippen LogP contribution in [0.4, 0.5) is 0 Å². The van der Waals surface area contributed by atoms with Gasteiger partial charge in [-0.2, -0.15) is 0 Å². The molecule has 0 radical (unpaired) electrons. The molecule has 12 heteroatoms. The largest absolute Gasteiger partial charge is 0.471 e. The monoisotopic (exact) mass is 449 g/mol. The predicted molar refractivity (Wildman–Crippen MR) is 104 cm³/mol. The number of ether oxygens (including phenoxy) is 6. The van der Waals surface area contributed by atoms with Crippen LogP contribution in [-0.2, 0) is 47.6 Å². The van der Waals surface area contributed by atoms with E-state index in [0.29, 0.717) is 13.0 Å². The number of hydrogen-bond donors (Lipinski definition) is 1. The number of nitrogens with one attached hydrogen (secondary N) is 1. The molecule has 0 aromatic rings. The lowest BCUT2D eigenvalue weighted by Gasteiger charge is -2.44. The van der Waals surface area contributed by atoms with E-state index in [1.54, 1.807) is 0 Å². The highest BCUT2D eigenvalue weighted by Gasteiger charge is 2.52. The van der Waals surface area contributed by atoms with Crippen molar-refractivity contribution >= 4 is 41.3 Å². The molecule has 0 aromatic carbocycles. The van der Waals surface area contributed by atoms with Gasteiger partial charge in [0.2, 0.25) is 0 Å². The Bertz CT molecular complexity index is 655. The van der Waals surface area contributed by atoms with Gasteiger partial charge in [-0.15, -0.1) is 0 Å². The maximum Gasteiger partial charge on any atom is 0.303 e. The standard InChI is InChI=1S/C18H27NO10S/c1-6-7-24-18(30)19-17-16(28-12(5)23)15(27-11(4)22)14(26-10(3)21)13(29-17)8-25-9(2)20/h13-17H,6-8H2,1-5H3,(H,19,30)/t13-,14+,15+,16-,17-/m1/s1. The Hall–Kier alpha value is -2.47. The van der Waals surface area contributed by atoms with Crippen molar-refractivity contribution in [3.63, 3.8) is 0 Å². The molecule has 1 fully saturated rings. The van der Waals surface area contributed by atoms with Crippen molar-refractivity contribution in [2.45, 2.75) is 71.7 Å². The topological polar surface area (TPSA) is 136 Å². The van der Waals surface area contributed by atoms with Gasteiger partial charge in [0.25, 0.3) is 5.17 Å². The van der Waals surface area contributed by atoms with Crippen molar-refractivity contribution in [2.75, 3.05) is 13.2 Å². The fourth-order valence-electron chi connectivity index (χ4n) is 2.70. The molecule has 5 atom stereocenters. The SMILES string of the molecule is CCCOC(=S)N[C@@H]1O[C@H](COC(C)=O)[C@H](OC(C)=O)[C@H](OC(C)=O)[C@H]1OC(C)=O. The first-order valence-electron chi connectivity index (χ1n) is 9.28. The number of rotatable bonds is 8. The first-order chi connectivity index (χ1) is 14.0. The molecule has 0 aliphatic carbocycles. The van der Waals surface area contributed by atoms with E-state index in [0.717, 1.165) is 20.8 Å². The second-order valence-corrected chi connectivity index (χ2v) is 6.77. The zero-order chi connectivity index (χ0) is 22.8. The molecule has 170 valence electrons. The highest BCUT2D eigenvalue weighted by Crippen LogP contribution is 2.28. The summed E-state index contributed by atoms with van der Waals surface area (Å²) in [6, 6.07) is 0. The molecular formula is C18H27NO10S. The van der Waals surface area contributed by atoms with E-state index in [4.69, 9.17) is 40.6 Å². The lowest BCUT2D eigenvalue weighted by molar-refractivity contribution is -0.255. The summed E-state index contributed by atoms with van der Waals surface area (Å²) < 4.78 is 32.0. The van der Waals surface area contributed by atoms with Crippen LogP contribution in [0.25, 0.3) is 0 Å². The Labute approximate surface area is 179 Å². The van der Waals surface area contributed by atoms with Gasteiger partial charge in [-0.25, -0.2) is 0 Å². The summed E-state index contributed by atoms with van der Waals surface area (Å²) in [5, 5.41) is 2.70. The van der Waals surface area contributed by atoms with E-state index >= 15 is 0 Å². The second kappa shape index (κ2) is 12.3. The van der Waals surface area contributed by atoms with Gasteiger partial charge in [0, 0.05) is 27.7 Å². The first-order valence-corrected chi connectivity index (χ1v) is 9.69. The van der Waals surface area contributed by atoms with Crippen LogP contribution in [0.2, 0.25) is 0 Å². The van der Waals surface area contributed by atoms with Crippen molar-refractivity contribution in [3.05, 3.63) is 0 Å². The summed E-state index contributed by atoms with van der Waals surface area (Å²) in [4.78, 5) is 46.3. The van der Waals surface area contributed by atoms with E-state index in [-0.39, 0.29) is 11.8 Å². The number of esters is 4. The maximum atomic E-state index is 11.7. The zero-order valence-electron chi connectivity index (χ0n) is 17.5. The molecule has 1 N–H and O–H groups in total. The van der Waals surface area contributed by atoms with Crippen LogP contribution < -0.4 is 5.32 Å². The van der Waals surface area contributed by atoms with Gasteiger partial charge in [-0.3, -0.25) is 19.2 Å². The third-order valence-corrected chi connectivity index (χ3v) is 3.92. The molecular weight excluding hydrogens is 422 g/mol. The lowest BCUT2D eigenvalue weighted by atomic mass is 9.97. The molecule has 0 amide bonds. The average molecular weight is 449 g/mol. The molecule has 11 nitrogen and oxygen atoms in total. The van der Waals surface area contributed by atoms with Gasteiger partial charge in [0.15, 0.2) is 24.5 Å². The Morgan fingerprint density at radius 3 is 1.87 bits per heavy atom. The molecule has 0 saturated carbocycles. The fourth-order valence-corrected chi connectivity index (χ4v) is 2.90. The quantitative estimate of drug-likeness (QED) is 0.311. The van der Waals surface area contributed by atoms with Gasteiger partial charge in [-0.1, -0.05) is 6.92 Å². The molecule has 0 bridgehead atoms. The fraction of sp³-hybridized carbons (Fsp3) is 0.722. The third kappa shape index (κ3) is 8.49. The first kappa shape index (κ1) is 25.6. The number of carbonyl (C=O) groups excluding carboxylic acids is 4. The minimum Gasteiger partial charge on any atom is -0.471 e. The molecule has 1 saturated heterocycles. The van der Waals surface area contributed by atoms with Crippen molar-refractivity contribution < 1.29 is 47.6 Å². The van der Waals surface area contributed by atoms with Gasteiger partial charge in [0.1, 0.15) is 12.7 Å². The molecule has 0 aromatic heterocycles. The summed E-state index contributed by atoms with van der Waals surface area (Å²) in [5.41, 5.74) is 0. The van der Waals surface area contributed by atoms with Crippen LogP contribution in [0.15, 0.2) is 0 Å². The molecule has 0 unspecified atom stereocenters. The van der Waals surface area contributed by atoms with Gasteiger partial charge >= 0.3 is 23.9 Å². The summed E-state index contributed by atoms with van der Waals surface area (Å²) in [7, 11) is 0. The maximum absolute atomic E-state index is 11.7. The minimum atomic E-state index is -1.27. The average Bonchev–Trinajstić information content (AvgIpc) is 2.62. The lowest BCUT2D eigenvalue weighted by Crippen LogP contribution is -2.66. The summed E-state index contributed by atoms with van der Waals surface area (Å²) in [6.45, 7) is 6.53. The van der Waals surface area contributed by atoms with Crippen LogP contribution in [0.3, 0.4) is 0 Å². The van der Waals surface area contributed by atoms with Crippen molar-refractivity contribution in [3.8, 4) is 0 Å². The van der Waals surface area contributed by atoms with E-state index in [9.17, 15) is 19.2 Å². The molecule has 1 heterocycles. The molecule has 1 aliphatic heterocycles. The molecule has 1 rings (SSSR count). The molecule has 1 aliphatic rings. The normalized spacial score (nSPS) is 25.4. The molecule has 30 heavy (non-hydrogen) atoms. The highest BCUT2D eigenvalue weighted by atomic mass is 32.1. The van der Waals surface area contributed by atoms with Crippen LogP contribution in [0.1, 0.15) is 41.0 Å². The Morgan fingerprint density at radius 1 is 0.833 bits per heavy atom. The zero-order valence-corrected chi connectivity index (χ0v) is 18.3. The van der Waals surface area contributed by atoms with E-state index in [1.165, 1.54) is 6.92 Å². The van der Waals surface area contributed by atoms with E-state index < -0.39 is 54.5 Å². The Morgan fingerprint density at radius 2 is 1.37 bits per heavy atom. The molecule has 0 spiro atoms. The minimum absolute atomic E-state index is 0.0438. The number of thiocarbonyl (C=S) groups is 1. The van der Waals surface area contributed by atoms with Gasteiger partial charge in [0.05, 0.1) is 6.61 Å². The highest BCUT2D eigenvalue weighted by molar-refractivity contribution is 7.80. The van der Waals surface area contributed by atoms with Crippen LogP contribution in [0.5, 0.6) is 0 Å². The Kier molecular flexibility index (Phi) is 10.5. The summed E-state index contributed by atoms with van der Waals surface area (Å²) >= 11 is 5.11. The van der Waals surface area contributed by atoms with E-state index in [1.807, 2.05) is 6.92 Å².